The van der Waals surface area contributed by atoms with Crippen LogP contribution in [0.2, 0.25) is 5.02 Å². The van der Waals surface area contributed by atoms with Gasteiger partial charge in [-0.2, -0.15) is 0 Å². The number of anilines is 1. The van der Waals surface area contributed by atoms with Crippen molar-refractivity contribution in [3.63, 3.8) is 0 Å². The predicted molar refractivity (Wildman–Crippen MR) is 136 cm³/mol. The Morgan fingerprint density at radius 1 is 1.20 bits per heavy atom. The zero-order valence-electron chi connectivity index (χ0n) is 19.7. The molecule has 0 spiro atoms. The molecule has 0 atom stereocenters. The molecule has 0 unspecified atom stereocenters. The molecule has 1 aromatic carbocycles. The molecule has 35 heavy (non-hydrogen) atoms. The Kier molecular flexibility index (Phi) is 9.30. The number of hydrogen-bond acceptors (Lipinski definition) is 9. The standard InChI is InChI=1S/C23H25ClN4O5S2/c1-5-28-17(11-33-16-10-8-7-9-15(16)24)26-27-23(28)34-12-18(30)25-21-19(22(31)32-6-2)13(3)20(35-21)14(4)29/h7-10H,5-6,11-12H2,1-4H3,(H,25,30). The Morgan fingerprint density at radius 2 is 1.94 bits per heavy atom. The third-order valence-electron chi connectivity index (χ3n) is 4.83. The normalized spacial score (nSPS) is 10.8. The number of Topliss-reactive ketones (excluding diaryl/α,β-unsaturated/α-hetero) is 1. The van der Waals surface area contributed by atoms with Crippen LogP contribution in [-0.4, -0.2) is 44.8 Å². The van der Waals surface area contributed by atoms with E-state index in [1.165, 1.54) is 18.7 Å². The lowest BCUT2D eigenvalue weighted by molar-refractivity contribution is -0.113. The van der Waals surface area contributed by atoms with Gasteiger partial charge in [0.25, 0.3) is 0 Å². The van der Waals surface area contributed by atoms with E-state index in [1.807, 2.05) is 23.6 Å². The summed E-state index contributed by atoms with van der Waals surface area (Å²) < 4.78 is 12.7. The molecule has 12 heteroatoms. The van der Waals surface area contributed by atoms with Crippen LogP contribution in [-0.2, 0) is 22.7 Å². The monoisotopic (exact) mass is 536 g/mol. The first kappa shape index (κ1) is 26.7. The van der Waals surface area contributed by atoms with Crippen molar-refractivity contribution < 1.29 is 23.9 Å². The van der Waals surface area contributed by atoms with Gasteiger partial charge in [0.2, 0.25) is 5.91 Å². The highest BCUT2D eigenvalue weighted by Crippen LogP contribution is 2.34. The highest BCUT2D eigenvalue weighted by atomic mass is 35.5. The van der Waals surface area contributed by atoms with Crippen LogP contribution in [0.1, 0.15) is 52.2 Å². The Hall–Kier alpha value is -2.89. The number of hydrogen-bond donors (Lipinski definition) is 1. The number of thioether (sulfide) groups is 1. The molecule has 9 nitrogen and oxygen atoms in total. The topological polar surface area (TPSA) is 112 Å². The average Bonchev–Trinajstić information content (AvgIpc) is 3.37. The number of carbonyl (C=O) groups excluding carboxylic acids is 3. The fourth-order valence-corrected chi connectivity index (χ4v) is 5.35. The fourth-order valence-electron chi connectivity index (χ4n) is 3.23. The molecule has 0 fully saturated rings. The number of benzene rings is 1. The largest absolute Gasteiger partial charge is 0.484 e. The Bertz CT molecular complexity index is 1240. The van der Waals surface area contributed by atoms with Crippen molar-refractivity contribution in [1.29, 1.82) is 0 Å². The number of nitrogens with one attached hydrogen (secondary N) is 1. The van der Waals surface area contributed by atoms with Crippen molar-refractivity contribution in [2.75, 3.05) is 17.7 Å². The van der Waals surface area contributed by atoms with Crippen molar-refractivity contribution in [2.24, 2.45) is 0 Å². The van der Waals surface area contributed by atoms with Gasteiger partial charge in [-0.1, -0.05) is 35.5 Å². The molecule has 0 aliphatic rings. The molecule has 0 saturated carbocycles. The highest BCUT2D eigenvalue weighted by Gasteiger charge is 2.25. The lowest BCUT2D eigenvalue weighted by atomic mass is 10.1. The van der Waals surface area contributed by atoms with Gasteiger partial charge in [0.15, 0.2) is 16.8 Å². The van der Waals surface area contributed by atoms with Gasteiger partial charge in [-0.15, -0.1) is 21.5 Å². The summed E-state index contributed by atoms with van der Waals surface area (Å²) in [5, 5.41) is 12.5. The summed E-state index contributed by atoms with van der Waals surface area (Å²) in [4.78, 5) is 37.5. The molecule has 1 amide bonds. The summed E-state index contributed by atoms with van der Waals surface area (Å²) in [5.74, 6) is 0.0531. The second-order valence-corrected chi connectivity index (χ2v) is 9.61. The number of ketones is 1. The number of nitrogens with zero attached hydrogens (tertiary/aromatic N) is 3. The Balaban J connectivity index is 1.68. The van der Waals surface area contributed by atoms with Crippen LogP contribution in [0.4, 0.5) is 5.00 Å². The van der Waals surface area contributed by atoms with Crippen LogP contribution >= 0.6 is 34.7 Å². The minimum Gasteiger partial charge on any atom is -0.484 e. The number of thiophene rings is 1. The quantitative estimate of drug-likeness (QED) is 0.207. The summed E-state index contributed by atoms with van der Waals surface area (Å²) in [5.41, 5.74) is 0.703. The molecular formula is C23H25ClN4O5S2. The summed E-state index contributed by atoms with van der Waals surface area (Å²) in [6, 6.07) is 7.15. The lowest BCUT2D eigenvalue weighted by Crippen LogP contribution is -2.17. The zero-order valence-corrected chi connectivity index (χ0v) is 22.1. The molecule has 0 bridgehead atoms. The van der Waals surface area contributed by atoms with Crippen molar-refractivity contribution >= 4 is 57.4 Å². The molecule has 3 aromatic rings. The number of rotatable bonds is 11. The molecule has 0 radical (unpaired) electrons. The van der Waals surface area contributed by atoms with E-state index < -0.39 is 5.97 Å². The van der Waals surface area contributed by atoms with E-state index in [4.69, 9.17) is 21.1 Å². The summed E-state index contributed by atoms with van der Waals surface area (Å²) in [6.07, 6.45) is 0. The minimum atomic E-state index is -0.578. The Morgan fingerprint density at radius 3 is 2.60 bits per heavy atom. The SMILES string of the molecule is CCOC(=O)c1c(NC(=O)CSc2nnc(COc3ccccc3Cl)n2CC)sc(C(C)=O)c1C. The number of para-hydroxylation sites is 1. The van der Waals surface area contributed by atoms with Crippen LogP contribution in [0.3, 0.4) is 0 Å². The van der Waals surface area contributed by atoms with E-state index in [-0.39, 0.29) is 36.2 Å². The van der Waals surface area contributed by atoms with Crippen LogP contribution in [0.5, 0.6) is 5.75 Å². The number of esters is 1. The molecule has 2 aromatic heterocycles. The third kappa shape index (κ3) is 6.41. The van der Waals surface area contributed by atoms with Gasteiger partial charge in [0.1, 0.15) is 17.4 Å². The van der Waals surface area contributed by atoms with Gasteiger partial charge < -0.3 is 19.4 Å². The predicted octanol–water partition coefficient (Wildman–Crippen LogP) is 5.01. The number of carbonyl (C=O) groups is 3. The molecule has 3 rings (SSSR count). The van der Waals surface area contributed by atoms with Crippen LogP contribution in [0.25, 0.3) is 0 Å². The van der Waals surface area contributed by atoms with Gasteiger partial charge in [-0.25, -0.2) is 4.79 Å². The summed E-state index contributed by atoms with van der Waals surface area (Å²) >= 11 is 8.40. The summed E-state index contributed by atoms with van der Waals surface area (Å²) in [7, 11) is 0. The van der Waals surface area contributed by atoms with Crippen molar-refractivity contribution in [2.45, 2.75) is 46.0 Å². The van der Waals surface area contributed by atoms with Crippen molar-refractivity contribution in [3.05, 3.63) is 51.1 Å². The van der Waals surface area contributed by atoms with Gasteiger partial charge in [-0.3, -0.25) is 9.59 Å². The molecule has 186 valence electrons. The van der Waals surface area contributed by atoms with Crippen LogP contribution < -0.4 is 10.1 Å². The maximum Gasteiger partial charge on any atom is 0.341 e. The van der Waals surface area contributed by atoms with Crippen LogP contribution in [0.15, 0.2) is 29.4 Å². The first-order valence-corrected chi connectivity index (χ1v) is 13.0. The van der Waals surface area contributed by atoms with E-state index in [0.717, 1.165) is 11.3 Å². The van der Waals surface area contributed by atoms with Crippen LogP contribution in [0, 0.1) is 6.92 Å². The fraction of sp³-hybridized carbons (Fsp3) is 0.348. The smallest absolute Gasteiger partial charge is 0.341 e. The van der Waals surface area contributed by atoms with E-state index in [2.05, 4.69) is 15.5 Å². The minimum absolute atomic E-state index is 0.0259. The third-order valence-corrected chi connectivity index (χ3v) is 7.42. The van der Waals surface area contributed by atoms with E-state index >= 15 is 0 Å². The number of amides is 1. The molecular weight excluding hydrogens is 512 g/mol. The van der Waals surface area contributed by atoms with E-state index in [0.29, 0.717) is 43.7 Å². The second kappa shape index (κ2) is 12.2. The molecule has 0 aliphatic carbocycles. The lowest BCUT2D eigenvalue weighted by Gasteiger charge is -2.10. The first-order chi connectivity index (χ1) is 16.8. The zero-order chi connectivity index (χ0) is 25.5. The van der Waals surface area contributed by atoms with Gasteiger partial charge >= 0.3 is 5.97 Å². The van der Waals surface area contributed by atoms with E-state index in [9.17, 15) is 14.4 Å². The second-order valence-electron chi connectivity index (χ2n) is 7.24. The number of ether oxygens (including phenoxy) is 2. The van der Waals surface area contributed by atoms with E-state index in [1.54, 1.807) is 26.0 Å². The van der Waals surface area contributed by atoms with Crippen molar-refractivity contribution in [3.8, 4) is 5.75 Å². The highest BCUT2D eigenvalue weighted by molar-refractivity contribution is 7.99. The van der Waals surface area contributed by atoms with Gasteiger partial charge in [0.05, 0.1) is 27.8 Å². The maximum absolute atomic E-state index is 12.7. The maximum atomic E-state index is 12.7. The summed E-state index contributed by atoms with van der Waals surface area (Å²) in [6.45, 7) is 7.65. The molecule has 2 heterocycles. The Labute approximate surface area is 216 Å². The molecule has 0 aliphatic heterocycles. The van der Waals surface area contributed by atoms with Gasteiger partial charge in [-0.05, 0) is 45.4 Å². The number of halogens is 1. The molecule has 1 N–H and O–H groups in total. The number of aromatic nitrogens is 3. The average molecular weight is 537 g/mol. The first-order valence-electron chi connectivity index (χ1n) is 10.8. The van der Waals surface area contributed by atoms with Gasteiger partial charge in [0, 0.05) is 6.54 Å². The molecule has 0 saturated heterocycles. The van der Waals surface area contributed by atoms with Crippen molar-refractivity contribution in [1.82, 2.24) is 14.8 Å².